The van der Waals surface area contributed by atoms with Gasteiger partial charge in [0.2, 0.25) is 0 Å². The van der Waals surface area contributed by atoms with E-state index in [0.717, 1.165) is 51.6 Å². The van der Waals surface area contributed by atoms with Crippen molar-refractivity contribution >= 4 is 16.6 Å². The quantitative estimate of drug-likeness (QED) is 0.150. The second kappa shape index (κ2) is 13.4. The lowest BCUT2D eigenvalue weighted by Crippen LogP contribution is -2.55. The van der Waals surface area contributed by atoms with Gasteiger partial charge in [-0.1, -0.05) is 0 Å². The molecule has 8 N–H and O–H groups in total. The molecule has 0 radical (unpaired) electrons. The summed E-state index contributed by atoms with van der Waals surface area (Å²) < 4.78 is 6.55. The van der Waals surface area contributed by atoms with Gasteiger partial charge >= 0.3 is 0 Å². The Balaban J connectivity index is 3.82. The standard InChI is InChI=1S/C14H40N6OSi2/c1-22(2,13-19-11-9-17-7-5-15)21-23(3,4)14-20-12-10-18-8-6-16/h17-20H,5-16H2,1-4H3. The minimum absolute atomic E-state index is 0.692. The van der Waals surface area contributed by atoms with Gasteiger partial charge in [-0.15, -0.1) is 0 Å². The predicted octanol–water partition coefficient (Wildman–Crippen LogP) is -1.23. The van der Waals surface area contributed by atoms with Crippen molar-refractivity contribution in [3.05, 3.63) is 0 Å². The van der Waals surface area contributed by atoms with Crippen molar-refractivity contribution < 1.29 is 4.12 Å². The summed E-state index contributed by atoms with van der Waals surface area (Å²) >= 11 is 0. The second-order valence-electron chi connectivity index (χ2n) is 7.05. The first-order chi connectivity index (χ1) is 10.8. The average Bonchev–Trinajstić information content (AvgIpc) is 2.45. The summed E-state index contributed by atoms with van der Waals surface area (Å²) in [6.07, 6.45) is 1.98. The second-order valence-corrected chi connectivity index (χ2v) is 15.6. The Bertz CT molecular complexity index is 256. The lowest BCUT2D eigenvalue weighted by Gasteiger charge is -2.34. The molecule has 0 atom stereocenters. The third kappa shape index (κ3) is 15.4. The zero-order valence-corrected chi connectivity index (χ0v) is 17.6. The van der Waals surface area contributed by atoms with Gasteiger partial charge in [0.05, 0.1) is 0 Å². The normalized spacial score (nSPS) is 12.8. The van der Waals surface area contributed by atoms with E-state index in [2.05, 4.69) is 47.5 Å². The molecule has 0 aromatic heterocycles. The summed E-state index contributed by atoms with van der Waals surface area (Å²) in [5.74, 6) is 0. The third-order valence-electron chi connectivity index (χ3n) is 3.25. The molecule has 0 heterocycles. The zero-order chi connectivity index (χ0) is 17.6. The maximum atomic E-state index is 6.55. The monoisotopic (exact) mass is 364 g/mol. The number of rotatable bonds is 16. The Kier molecular flexibility index (Phi) is 13.5. The van der Waals surface area contributed by atoms with Crippen molar-refractivity contribution in [2.45, 2.75) is 26.2 Å². The molecule has 23 heavy (non-hydrogen) atoms. The largest absolute Gasteiger partial charge is 0.454 e. The maximum absolute atomic E-state index is 6.55. The van der Waals surface area contributed by atoms with Crippen LogP contribution in [0.5, 0.6) is 0 Å². The van der Waals surface area contributed by atoms with E-state index >= 15 is 0 Å². The number of nitrogens with one attached hydrogen (secondary N) is 4. The van der Waals surface area contributed by atoms with Gasteiger partial charge in [-0.05, 0) is 26.2 Å². The summed E-state index contributed by atoms with van der Waals surface area (Å²) in [6, 6.07) is 0. The third-order valence-corrected chi connectivity index (χ3v) is 9.88. The van der Waals surface area contributed by atoms with E-state index in [9.17, 15) is 0 Å². The van der Waals surface area contributed by atoms with E-state index in [1.54, 1.807) is 0 Å². The molecule has 0 amide bonds. The molecular formula is C14H40N6OSi2. The van der Waals surface area contributed by atoms with Crippen molar-refractivity contribution in [1.29, 1.82) is 0 Å². The highest BCUT2D eigenvalue weighted by Gasteiger charge is 2.32. The molecule has 0 fully saturated rings. The van der Waals surface area contributed by atoms with Crippen LogP contribution in [0.25, 0.3) is 0 Å². The highest BCUT2D eigenvalue weighted by atomic mass is 28.4. The van der Waals surface area contributed by atoms with E-state index < -0.39 is 16.6 Å². The van der Waals surface area contributed by atoms with E-state index in [1.165, 1.54) is 0 Å². The molecule has 0 unspecified atom stereocenters. The SMILES string of the molecule is C[Si](C)(CNCCNCCN)O[Si](C)(C)CNCCNCCN. The summed E-state index contributed by atoms with van der Waals surface area (Å²) in [4.78, 5) is 0. The number of nitrogens with two attached hydrogens (primary N) is 2. The van der Waals surface area contributed by atoms with Crippen LogP contribution in [0.2, 0.25) is 26.2 Å². The van der Waals surface area contributed by atoms with Gasteiger partial charge in [0.25, 0.3) is 0 Å². The molecule has 0 spiro atoms. The zero-order valence-electron chi connectivity index (χ0n) is 15.6. The van der Waals surface area contributed by atoms with Crippen LogP contribution in [0.15, 0.2) is 0 Å². The molecule has 140 valence electrons. The number of hydrogen-bond donors (Lipinski definition) is 6. The first kappa shape index (κ1) is 23.2. The van der Waals surface area contributed by atoms with Gasteiger partial charge in [0.15, 0.2) is 16.6 Å². The van der Waals surface area contributed by atoms with Gasteiger partial charge in [0, 0.05) is 64.7 Å². The van der Waals surface area contributed by atoms with Crippen molar-refractivity contribution in [3.63, 3.8) is 0 Å². The van der Waals surface area contributed by atoms with E-state index in [4.69, 9.17) is 15.6 Å². The summed E-state index contributed by atoms with van der Waals surface area (Å²) in [6.45, 7) is 16.2. The van der Waals surface area contributed by atoms with Crippen LogP contribution in [-0.4, -0.2) is 81.3 Å². The van der Waals surface area contributed by atoms with Gasteiger partial charge in [-0.25, -0.2) is 0 Å². The molecule has 0 aliphatic rings. The van der Waals surface area contributed by atoms with Gasteiger partial charge in [0.1, 0.15) is 0 Å². The van der Waals surface area contributed by atoms with Gasteiger partial charge < -0.3 is 36.8 Å². The molecule has 0 rings (SSSR count). The lowest BCUT2D eigenvalue weighted by atomic mass is 10.5. The molecule has 0 saturated carbocycles. The van der Waals surface area contributed by atoms with E-state index in [-0.39, 0.29) is 0 Å². The maximum Gasteiger partial charge on any atom is 0.187 e. The summed E-state index contributed by atoms with van der Waals surface area (Å²) in [5.41, 5.74) is 10.9. The molecule has 0 saturated heterocycles. The van der Waals surface area contributed by atoms with Gasteiger partial charge in [-0.2, -0.15) is 0 Å². The summed E-state index contributed by atoms with van der Waals surface area (Å²) in [7, 11) is -3.32. The topological polar surface area (TPSA) is 109 Å². The Hall–Kier alpha value is 0.154. The highest BCUT2D eigenvalue weighted by molar-refractivity contribution is 6.85. The van der Waals surface area contributed by atoms with Crippen LogP contribution in [0, 0.1) is 0 Å². The molecule has 9 heteroatoms. The fourth-order valence-corrected chi connectivity index (χ4v) is 10.5. The van der Waals surface area contributed by atoms with Crippen LogP contribution in [0.4, 0.5) is 0 Å². The van der Waals surface area contributed by atoms with E-state index in [0.29, 0.717) is 13.1 Å². The molecular weight excluding hydrogens is 324 g/mol. The van der Waals surface area contributed by atoms with Crippen LogP contribution in [-0.2, 0) is 4.12 Å². The van der Waals surface area contributed by atoms with Crippen molar-refractivity contribution in [2.24, 2.45) is 11.5 Å². The Morgan fingerprint density at radius 2 is 0.957 bits per heavy atom. The first-order valence-electron chi connectivity index (χ1n) is 8.76. The van der Waals surface area contributed by atoms with Crippen LogP contribution in [0.3, 0.4) is 0 Å². The molecule has 0 aromatic rings. The molecule has 0 aliphatic heterocycles. The molecule has 0 aliphatic carbocycles. The fraction of sp³-hybridized carbons (Fsp3) is 1.00. The van der Waals surface area contributed by atoms with E-state index in [1.807, 2.05) is 0 Å². The minimum atomic E-state index is -1.66. The Morgan fingerprint density at radius 1 is 0.609 bits per heavy atom. The molecule has 7 nitrogen and oxygen atoms in total. The Labute approximate surface area is 144 Å². The van der Waals surface area contributed by atoms with Crippen LogP contribution >= 0.6 is 0 Å². The highest BCUT2D eigenvalue weighted by Crippen LogP contribution is 2.12. The van der Waals surface area contributed by atoms with Crippen molar-refractivity contribution in [1.82, 2.24) is 21.3 Å². The van der Waals surface area contributed by atoms with Crippen LogP contribution in [0.1, 0.15) is 0 Å². The fourth-order valence-electron chi connectivity index (χ4n) is 2.41. The predicted molar refractivity (Wildman–Crippen MR) is 106 cm³/mol. The van der Waals surface area contributed by atoms with Crippen molar-refractivity contribution in [3.8, 4) is 0 Å². The minimum Gasteiger partial charge on any atom is -0.454 e. The first-order valence-corrected chi connectivity index (χ1v) is 15.0. The lowest BCUT2D eigenvalue weighted by molar-refractivity contribution is 0.515. The number of hydrogen-bond acceptors (Lipinski definition) is 7. The van der Waals surface area contributed by atoms with Gasteiger partial charge in [-0.3, -0.25) is 0 Å². The molecule has 0 aromatic carbocycles. The smallest absolute Gasteiger partial charge is 0.187 e. The van der Waals surface area contributed by atoms with Crippen LogP contribution < -0.4 is 32.7 Å². The van der Waals surface area contributed by atoms with Crippen molar-refractivity contribution in [2.75, 3.05) is 64.7 Å². The average molecular weight is 365 g/mol. The molecule has 0 bridgehead atoms. The summed E-state index contributed by atoms with van der Waals surface area (Å²) in [5, 5.41) is 13.6. The Morgan fingerprint density at radius 3 is 1.30 bits per heavy atom.